The average molecular weight is 342 g/mol. The molecular weight excluding hydrogens is 320 g/mol. The summed E-state index contributed by atoms with van der Waals surface area (Å²) in [4.78, 5) is 46.8. The van der Waals surface area contributed by atoms with Crippen LogP contribution in [0.4, 0.5) is 0 Å². The molecule has 0 radical (unpaired) electrons. The molecule has 0 heterocycles. The number of carboxylic acids is 4. The smallest absolute Gasteiger partial charge is 0.311 e. The zero-order valence-corrected chi connectivity index (χ0v) is 13.7. The van der Waals surface area contributed by atoms with Gasteiger partial charge in [0.1, 0.15) is 0 Å². The molecule has 7 unspecified atom stereocenters. The highest BCUT2D eigenvalue weighted by molar-refractivity contribution is 5.88. The first kappa shape index (κ1) is 18.2. The molecule has 0 aromatic carbocycles. The zero-order chi connectivity index (χ0) is 18.6. The van der Waals surface area contributed by atoms with Crippen LogP contribution in [0, 0.1) is 46.8 Å². The van der Waals surface area contributed by atoms with Crippen molar-refractivity contribution in [1.82, 2.24) is 0 Å². The highest BCUT2D eigenvalue weighted by atomic mass is 16.4. The van der Waals surface area contributed by atoms with E-state index in [0.29, 0.717) is 0 Å². The summed E-state index contributed by atoms with van der Waals surface area (Å²) in [6, 6.07) is 0. The van der Waals surface area contributed by atoms with E-state index >= 15 is 0 Å². The van der Waals surface area contributed by atoms with Crippen LogP contribution in [0.2, 0.25) is 0 Å². The summed E-state index contributed by atoms with van der Waals surface area (Å²) in [5, 5.41) is 38.2. The van der Waals surface area contributed by atoms with Gasteiger partial charge in [0, 0.05) is 0 Å². The van der Waals surface area contributed by atoms with Gasteiger partial charge in [0.25, 0.3) is 0 Å². The lowest BCUT2D eigenvalue weighted by Crippen LogP contribution is -2.71. The second kappa shape index (κ2) is 5.75. The highest BCUT2D eigenvalue weighted by Crippen LogP contribution is 2.68. The predicted octanol–water partition coefficient (Wildman–Crippen LogP) is 1.10. The van der Waals surface area contributed by atoms with Crippen LogP contribution in [0.25, 0.3) is 0 Å². The molecule has 0 saturated heterocycles. The zero-order valence-electron chi connectivity index (χ0n) is 13.7. The minimum absolute atomic E-state index is 0.129. The SMILES string of the molecule is CC1C(C(=O)O)C(C(=O)O)CC2C1C(C(=O)O)C2(C(=O)O)C(C)C. The molecule has 0 aromatic heterocycles. The van der Waals surface area contributed by atoms with Crippen LogP contribution in [0.15, 0.2) is 0 Å². The summed E-state index contributed by atoms with van der Waals surface area (Å²) < 4.78 is 0. The van der Waals surface area contributed by atoms with Crippen LogP contribution < -0.4 is 0 Å². The summed E-state index contributed by atoms with van der Waals surface area (Å²) >= 11 is 0. The first-order valence-electron chi connectivity index (χ1n) is 7.91. The Kier molecular flexibility index (Phi) is 4.37. The largest absolute Gasteiger partial charge is 0.481 e. The van der Waals surface area contributed by atoms with E-state index in [1.807, 2.05) is 0 Å². The van der Waals surface area contributed by atoms with Crippen molar-refractivity contribution in [1.29, 1.82) is 0 Å². The summed E-state index contributed by atoms with van der Waals surface area (Å²) in [5.41, 5.74) is -1.57. The lowest BCUT2D eigenvalue weighted by molar-refractivity contribution is -0.236. The summed E-state index contributed by atoms with van der Waals surface area (Å²) in [5.74, 6) is -11.3. The van der Waals surface area contributed by atoms with Gasteiger partial charge in [-0.15, -0.1) is 0 Å². The minimum Gasteiger partial charge on any atom is -0.481 e. The Balaban J connectivity index is 2.56. The van der Waals surface area contributed by atoms with Gasteiger partial charge in [0.2, 0.25) is 0 Å². The highest BCUT2D eigenvalue weighted by Gasteiger charge is 2.74. The topological polar surface area (TPSA) is 149 Å². The number of hydrogen-bond donors (Lipinski definition) is 4. The average Bonchev–Trinajstić information content (AvgIpc) is 2.38. The fourth-order valence-electron chi connectivity index (χ4n) is 5.38. The van der Waals surface area contributed by atoms with Gasteiger partial charge in [0.15, 0.2) is 0 Å². The molecule has 24 heavy (non-hydrogen) atoms. The monoisotopic (exact) mass is 342 g/mol. The van der Waals surface area contributed by atoms with E-state index in [2.05, 4.69) is 0 Å². The van der Waals surface area contributed by atoms with Crippen LogP contribution in [0.5, 0.6) is 0 Å². The fourth-order valence-corrected chi connectivity index (χ4v) is 5.38. The van der Waals surface area contributed by atoms with Gasteiger partial charge in [-0.1, -0.05) is 20.8 Å². The standard InChI is InChI=1S/C16H22O8/c1-5(2)16(15(23)24)8-4-7(12(17)18)9(13(19)20)6(3)10(8)11(16)14(21)22/h5-11H,4H2,1-3H3,(H,17,18)(H,19,20)(H,21,22)(H,23,24). The van der Waals surface area contributed by atoms with Crippen LogP contribution in [-0.4, -0.2) is 44.3 Å². The molecule has 2 aliphatic rings. The molecule has 4 N–H and O–H groups in total. The van der Waals surface area contributed by atoms with Gasteiger partial charge in [0.05, 0.1) is 23.2 Å². The quantitative estimate of drug-likeness (QED) is 0.580. The third-order valence-corrected chi connectivity index (χ3v) is 6.29. The molecule has 0 aromatic rings. The van der Waals surface area contributed by atoms with E-state index in [0.717, 1.165) is 0 Å². The molecule has 0 amide bonds. The Bertz CT molecular complexity index is 597. The number of rotatable bonds is 5. The second-order valence-electron chi connectivity index (χ2n) is 7.30. The molecule has 0 aliphatic heterocycles. The van der Waals surface area contributed by atoms with Crippen molar-refractivity contribution in [3.05, 3.63) is 0 Å². The lowest BCUT2D eigenvalue weighted by atomic mass is 9.36. The molecule has 2 rings (SSSR count). The van der Waals surface area contributed by atoms with E-state index in [-0.39, 0.29) is 6.42 Å². The first-order valence-corrected chi connectivity index (χ1v) is 7.91. The van der Waals surface area contributed by atoms with Crippen molar-refractivity contribution in [2.75, 3.05) is 0 Å². The molecule has 2 fully saturated rings. The molecule has 2 aliphatic carbocycles. The minimum atomic E-state index is -1.57. The molecule has 2 saturated carbocycles. The number of carboxylic acid groups (broad SMARTS) is 4. The molecule has 8 heteroatoms. The summed E-state index contributed by atoms with van der Waals surface area (Å²) in [6.07, 6.45) is -0.129. The van der Waals surface area contributed by atoms with Crippen molar-refractivity contribution in [2.24, 2.45) is 46.8 Å². The number of carbonyl (C=O) groups is 4. The molecule has 0 bridgehead atoms. The number of aliphatic carboxylic acids is 4. The van der Waals surface area contributed by atoms with E-state index in [9.17, 15) is 39.6 Å². The Morgan fingerprint density at radius 2 is 1.50 bits per heavy atom. The van der Waals surface area contributed by atoms with Gasteiger partial charge < -0.3 is 20.4 Å². The van der Waals surface area contributed by atoms with Crippen molar-refractivity contribution < 1.29 is 39.6 Å². The van der Waals surface area contributed by atoms with Crippen LogP contribution in [-0.2, 0) is 19.2 Å². The van der Waals surface area contributed by atoms with Crippen molar-refractivity contribution in [3.63, 3.8) is 0 Å². The maximum Gasteiger partial charge on any atom is 0.311 e. The second-order valence-corrected chi connectivity index (χ2v) is 7.30. The normalized spacial score (nSPS) is 41.2. The predicted molar refractivity (Wildman–Crippen MR) is 79.0 cm³/mol. The molecule has 0 spiro atoms. The maximum absolute atomic E-state index is 12.0. The Hall–Kier alpha value is -2.12. The fraction of sp³-hybridized carbons (Fsp3) is 0.750. The number of hydrogen-bond acceptors (Lipinski definition) is 4. The number of fused-ring (bicyclic) bond motifs is 1. The Morgan fingerprint density at radius 3 is 1.83 bits per heavy atom. The van der Waals surface area contributed by atoms with Crippen molar-refractivity contribution >= 4 is 23.9 Å². The molecule has 134 valence electrons. The maximum atomic E-state index is 12.0. The van der Waals surface area contributed by atoms with Gasteiger partial charge >= 0.3 is 23.9 Å². The van der Waals surface area contributed by atoms with Crippen LogP contribution >= 0.6 is 0 Å². The third-order valence-electron chi connectivity index (χ3n) is 6.29. The van der Waals surface area contributed by atoms with E-state index in [1.54, 1.807) is 13.8 Å². The summed E-state index contributed by atoms with van der Waals surface area (Å²) in [6.45, 7) is 4.75. The van der Waals surface area contributed by atoms with Gasteiger partial charge in [-0.05, 0) is 30.1 Å². The Morgan fingerprint density at radius 1 is 0.958 bits per heavy atom. The Labute approximate surface area is 138 Å². The van der Waals surface area contributed by atoms with Gasteiger partial charge in [-0.2, -0.15) is 0 Å². The van der Waals surface area contributed by atoms with Gasteiger partial charge in [-0.3, -0.25) is 19.2 Å². The molecule has 8 nitrogen and oxygen atoms in total. The first-order chi connectivity index (χ1) is 11.0. The van der Waals surface area contributed by atoms with E-state index in [4.69, 9.17) is 0 Å². The van der Waals surface area contributed by atoms with Crippen LogP contribution in [0.1, 0.15) is 27.2 Å². The van der Waals surface area contributed by atoms with Crippen molar-refractivity contribution in [2.45, 2.75) is 27.2 Å². The third kappa shape index (κ3) is 2.12. The lowest BCUT2D eigenvalue weighted by Gasteiger charge is -2.64. The summed E-state index contributed by atoms with van der Waals surface area (Å²) in [7, 11) is 0. The van der Waals surface area contributed by atoms with Gasteiger partial charge in [-0.25, -0.2) is 0 Å². The van der Waals surface area contributed by atoms with Crippen molar-refractivity contribution in [3.8, 4) is 0 Å². The van der Waals surface area contributed by atoms with Crippen LogP contribution in [0.3, 0.4) is 0 Å². The molecule has 7 atom stereocenters. The van der Waals surface area contributed by atoms with E-state index < -0.39 is 70.7 Å². The van der Waals surface area contributed by atoms with E-state index in [1.165, 1.54) is 6.92 Å². The molecular formula is C16H22O8.